The fourth-order valence-corrected chi connectivity index (χ4v) is 1.10. The monoisotopic (exact) mass is 348 g/mol. The van der Waals surface area contributed by atoms with E-state index >= 15 is 0 Å². The molecule has 0 unspecified atom stereocenters. The lowest BCUT2D eigenvalue weighted by Crippen LogP contribution is -2.39. The average molecular weight is 348 g/mol. The molecule has 0 aromatic rings. The molecule has 0 heterocycles. The average Bonchev–Trinajstić information content (AvgIpc) is 2.58. The van der Waals surface area contributed by atoms with Crippen LogP contribution in [-0.2, 0) is 38.5 Å². The van der Waals surface area contributed by atoms with Crippen LogP contribution in [0, 0.1) is 0 Å². The van der Waals surface area contributed by atoms with Crippen molar-refractivity contribution in [3.63, 3.8) is 0 Å². The molecule has 0 amide bonds. The van der Waals surface area contributed by atoms with Crippen molar-refractivity contribution in [3.8, 4) is 0 Å². The van der Waals surface area contributed by atoms with Gasteiger partial charge in [-0.05, 0) is 0 Å². The first-order valence-electron chi connectivity index (χ1n) is 7.74. The topological polar surface area (TPSA) is 112 Å². The van der Waals surface area contributed by atoms with Crippen molar-refractivity contribution in [3.05, 3.63) is 0 Å². The van der Waals surface area contributed by atoms with E-state index in [9.17, 15) is 19.2 Å². The van der Waals surface area contributed by atoms with Gasteiger partial charge in [0.1, 0.15) is 0 Å². The molecule has 0 aromatic heterocycles. The van der Waals surface area contributed by atoms with E-state index in [1.54, 1.807) is 27.7 Å². The van der Waals surface area contributed by atoms with E-state index in [4.69, 9.17) is 19.4 Å². The minimum absolute atomic E-state index is 0.0690. The maximum absolute atomic E-state index is 11.3. The van der Waals surface area contributed by atoms with E-state index in [0.717, 1.165) is 0 Å². The molecule has 0 bridgehead atoms. The van der Waals surface area contributed by atoms with E-state index in [-0.39, 0.29) is 38.8 Å². The Kier molecular flexibility index (Phi) is 11.1. The Balaban J connectivity index is 4.78. The van der Waals surface area contributed by atoms with Crippen LogP contribution < -0.4 is 0 Å². The van der Waals surface area contributed by atoms with Crippen molar-refractivity contribution in [1.29, 1.82) is 0 Å². The number of rotatable bonds is 11. The number of hydrogen-bond donors (Lipinski definition) is 0. The van der Waals surface area contributed by atoms with E-state index in [1.807, 2.05) is 0 Å². The highest BCUT2D eigenvalue weighted by atomic mass is 17.0. The van der Waals surface area contributed by atoms with Crippen LogP contribution in [0.15, 0.2) is 0 Å². The van der Waals surface area contributed by atoms with Gasteiger partial charge in [-0.2, -0.15) is 0 Å². The smallest absolute Gasteiger partial charge is 0.328 e. The predicted octanol–water partition coefficient (Wildman–Crippen LogP) is 1.06. The second kappa shape index (κ2) is 12.3. The van der Waals surface area contributed by atoms with Crippen LogP contribution in [-0.4, -0.2) is 47.4 Å². The fraction of sp³-hybridized carbons (Fsp3) is 0.714. The zero-order valence-electron chi connectivity index (χ0n) is 14.4. The largest absolute Gasteiger partial charge is 0.333 e. The third kappa shape index (κ3) is 9.74. The molecule has 138 valence electrons. The number of nitrogens with zero attached hydrogens (tertiary/aromatic N) is 2. The summed E-state index contributed by atoms with van der Waals surface area (Å²) in [5.41, 5.74) is 0. The van der Waals surface area contributed by atoms with Crippen molar-refractivity contribution in [2.45, 2.75) is 53.4 Å². The molecule has 0 saturated carbocycles. The van der Waals surface area contributed by atoms with Crippen molar-refractivity contribution < 1.29 is 38.5 Å². The summed E-state index contributed by atoms with van der Waals surface area (Å²) in [7, 11) is 0. The second-order valence-electron chi connectivity index (χ2n) is 4.38. The highest BCUT2D eigenvalue weighted by Crippen LogP contribution is 2.03. The first-order chi connectivity index (χ1) is 11.4. The van der Waals surface area contributed by atoms with Crippen molar-refractivity contribution >= 4 is 23.9 Å². The lowest BCUT2D eigenvalue weighted by molar-refractivity contribution is -0.356. The summed E-state index contributed by atoms with van der Waals surface area (Å²) in [4.78, 5) is 64.7. The van der Waals surface area contributed by atoms with Gasteiger partial charge in [0, 0.05) is 36.1 Å². The van der Waals surface area contributed by atoms with Crippen molar-refractivity contribution in [2.75, 3.05) is 13.1 Å². The lowest BCUT2D eigenvalue weighted by atomic mass is 10.5. The van der Waals surface area contributed by atoms with Gasteiger partial charge in [-0.3, -0.25) is 19.2 Å². The maximum atomic E-state index is 11.3. The fourth-order valence-electron chi connectivity index (χ4n) is 1.10. The van der Waals surface area contributed by atoms with Crippen molar-refractivity contribution in [2.24, 2.45) is 0 Å². The van der Waals surface area contributed by atoms with Crippen LogP contribution in [0.4, 0.5) is 0 Å². The van der Waals surface area contributed by atoms with Gasteiger partial charge in [0.15, 0.2) is 0 Å². The number of hydroxylamine groups is 4. The van der Waals surface area contributed by atoms with Crippen LogP contribution in [0.25, 0.3) is 0 Å². The third-order valence-corrected chi connectivity index (χ3v) is 2.43. The molecular formula is C14H24N2O8. The Morgan fingerprint density at radius 1 is 0.542 bits per heavy atom. The van der Waals surface area contributed by atoms with Crippen LogP contribution in [0.5, 0.6) is 0 Å². The molecular weight excluding hydrogens is 324 g/mol. The van der Waals surface area contributed by atoms with Gasteiger partial charge in [-0.1, -0.05) is 27.7 Å². The van der Waals surface area contributed by atoms with Gasteiger partial charge >= 0.3 is 23.9 Å². The minimum atomic E-state index is -0.624. The van der Waals surface area contributed by atoms with Gasteiger partial charge in [0.2, 0.25) is 0 Å². The Morgan fingerprint density at radius 2 is 0.750 bits per heavy atom. The zero-order chi connectivity index (χ0) is 18.5. The Morgan fingerprint density at radius 3 is 0.917 bits per heavy atom. The first-order valence-corrected chi connectivity index (χ1v) is 7.74. The van der Waals surface area contributed by atoms with E-state index in [2.05, 4.69) is 0 Å². The van der Waals surface area contributed by atoms with Crippen LogP contribution in [0.2, 0.25) is 0 Å². The lowest BCUT2D eigenvalue weighted by Gasteiger charge is -2.23. The molecule has 0 spiro atoms. The minimum Gasteiger partial charge on any atom is -0.333 e. The molecule has 0 aromatic carbocycles. The zero-order valence-corrected chi connectivity index (χ0v) is 14.4. The summed E-state index contributed by atoms with van der Waals surface area (Å²) in [6, 6.07) is 0. The summed E-state index contributed by atoms with van der Waals surface area (Å²) in [5, 5.41) is 1.31. The highest BCUT2D eigenvalue weighted by Gasteiger charge is 2.21. The van der Waals surface area contributed by atoms with Crippen LogP contribution in [0.3, 0.4) is 0 Å². The number of carbonyl (C=O) groups excluding carboxylic acids is 4. The predicted molar refractivity (Wildman–Crippen MR) is 78.9 cm³/mol. The summed E-state index contributed by atoms with van der Waals surface area (Å²) in [6.45, 7) is 5.87. The van der Waals surface area contributed by atoms with Gasteiger partial charge < -0.3 is 19.4 Å². The Hall–Kier alpha value is -2.20. The second-order valence-corrected chi connectivity index (χ2v) is 4.38. The molecule has 0 aliphatic heterocycles. The van der Waals surface area contributed by atoms with Crippen molar-refractivity contribution in [1.82, 2.24) is 10.5 Å². The summed E-state index contributed by atoms with van der Waals surface area (Å²) >= 11 is 0. The van der Waals surface area contributed by atoms with E-state index in [1.165, 1.54) is 0 Å². The molecule has 0 rings (SSSR count). The Bertz CT molecular complexity index is 364. The van der Waals surface area contributed by atoms with Crippen LogP contribution >= 0.6 is 0 Å². The standard InChI is InChI=1S/C14H24N2O8/c1-5-11(17)21-15(22-12(18)6-2)9-10-16(23-13(19)7-3)24-14(20)8-4/h5-10H2,1-4H3. The summed E-state index contributed by atoms with van der Waals surface area (Å²) < 4.78 is 0. The van der Waals surface area contributed by atoms with E-state index < -0.39 is 23.9 Å². The van der Waals surface area contributed by atoms with Crippen LogP contribution in [0.1, 0.15) is 53.4 Å². The first kappa shape index (κ1) is 21.8. The third-order valence-electron chi connectivity index (χ3n) is 2.43. The van der Waals surface area contributed by atoms with Gasteiger partial charge in [0.05, 0.1) is 13.1 Å². The molecule has 10 heteroatoms. The molecule has 24 heavy (non-hydrogen) atoms. The maximum Gasteiger partial charge on any atom is 0.328 e. The SMILES string of the molecule is CCC(=O)ON(CCN(OC(=O)CC)OC(=O)CC)OC(=O)CC. The number of hydrogen-bond acceptors (Lipinski definition) is 10. The molecule has 0 aliphatic carbocycles. The van der Waals surface area contributed by atoms with Gasteiger partial charge in [0.25, 0.3) is 0 Å². The molecule has 0 atom stereocenters. The van der Waals surface area contributed by atoms with Gasteiger partial charge in [-0.25, -0.2) is 0 Å². The van der Waals surface area contributed by atoms with Gasteiger partial charge in [-0.15, -0.1) is 0 Å². The summed E-state index contributed by atoms with van der Waals surface area (Å²) in [5.74, 6) is -2.49. The highest BCUT2D eigenvalue weighted by molar-refractivity contribution is 5.70. The molecule has 0 radical (unpaired) electrons. The summed E-state index contributed by atoms with van der Waals surface area (Å²) in [6.07, 6.45) is 0.276. The Labute approximate surface area is 140 Å². The molecule has 0 aliphatic rings. The van der Waals surface area contributed by atoms with E-state index in [0.29, 0.717) is 10.5 Å². The number of carbonyl (C=O) groups is 4. The molecule has 10 nitrogen and oxygen atoms in total. The quantitative estimate of drug-likeness (QED) is 0.502. The normalized spacial score (nSPS) is 10.4. The molecule has 0 fully saturated rings. The molecule has 0 N–H and O–H groups in total. The molecule has 0 saturated heterocycles.